The maximum atomic E-state index is 5.67. The van der Waals surface area contributed by atoms with Gasteiger partial charge in [-0.1, -0.05) is 6.42 Å². The Labute approximate surface area is 78.2 Å². The average molecular weight is 177 g/mol. The van der Waals surface area contributed by atoms with Crippen LogP contribution >= 0.6 is 0 Å². The number of hydrogen-bond donors (Lipinski definition) is 0. The summed E-state index contributed by atoms with van der Waals surface area (Å²) in [6.45, 7) is 0. The highest BCUT2D eigenvalue weighted by Crippen LogP contribution is 2.21. The number of aromatic nitrogens is 2. The Kier molecular flexibility index (Phi) is 2.75. The van der Waals surface area contributed by atoms with Crippen LogP contribution in [0.15, 0.2) is 12.4 Å². The zero-order valence-corrected chi connectivity index (χ0v) is 7.57. The fourth-order valence-electron chi connectivity index (χ4n) is 1.67. The van der Waals surface area contributed by atoms with Crippen molar-refractivity contribution in [2.45, 2.75) is 38.2 Å². The van der Waals surface area contributed by atoms with E-state index < -0.39 is 0 Å². The van der Waals surface area contributed by atoms with Gasteiger partial charge in [-0.3, -0.25) is 0 Å². The van der Waals surface area contributed by atoms with Gasteiger partial charge < -0.3 is 4.74 Å². The van der Waals surface area contributed by atoms with Crippen LogP contribution in [0.5, 0.6) is 5.88 Å². The third kappa shape index (κ3) is 2.41. The summed E-state index contributed by atoms with van der Waals surface area (Å²) in [6.07, 6.45) is 10.8. The van der Waals surface area contributed by atoms with Crippen LogP contribution in [0.2, 0.25) is 0 Å². The molecule has 2 rings (SSSR count). The smallest absolute Gasteiger partial charge is 0.217 e. The van der Waals surface area contributed by atoms with Gasteiger partial charge in [-0.15, -0.1) is 0 Å². The second kappa shape index (κ2) is 4.21. The minimum absolute atomic E-state index is 0.358. The minimum atomic E-state index is 0.358. The molecule has 1 saturated carbocycles. The molecule has 0 amide bonds. The summed E-state index contributed by atoms with van der Waals surface area (Å²) in [5, 5.41) is 0. The molecule has 1 aromatic heterocycles. The molecule has 0 N–H and O–H groups in total. The second-order valence-corrected chi connectivity index (χ2v) is 3.36. The Morgan fingerprint density at radius 2 is 2.15 bits per heavy atom. The molecular weight excluding hydrogens is 164 g/mol. The van der Waals surface area contributed by atoms with Gasteiger partial charge in [-0.2, -0.15) is 0 Å². The maximum absolute atomic E-state index is 5.67. The Balaban J connectivity index is 1.90. The zero-order chi connectivity index (χ0) is 8.93. The van der Waals surface area contributed by atoms with Gasteiger partial charge in [0.15, 0.2) is 0 Å². The van der Waals surface area contributed by atoms with Crippen LogP contribution in [0.25, 0.3) is 0 Å². The molecule has 1 aliphatic carbocycles. The molecule has 1 fully saturated rings. The summed E-state index contributed by atoms with van der Waals surface area (Å²) < 4.78 is 5.67. The van der Waals surface area contributed by atoms with Crippen LogP contribution in [0.1, 0.15) is 32.1 Å². The van der Waals surface area contributed by atoms with Gasteiger partial charge >= 0.3 is 0 Å². The lowest BCUT2D eigenvalue weighted by Gasteiger charge is -2.21. The molecule has 1 heterocycles. The number of hydrogen-bond acceptors (Lipinski definition) is 3. The molecule has 0 atom stereocenters. The van der Waals surface area contributed by atoms with Crippen LogP contribution in [0.3, 0.4) is 0 Å². The van der Waals surface area contributed by atoms with E-state index in [0.717, 1.165) is 12.8 Å². The van der Waals surface area contributed by atoms with Gasteiger partial charge in [-0.05, 0) is 25.7 Å². The summed E-state index contributed by atoms with van der Waals surface area (Å²) in [5.41, 5.74) is 0. The number of rotatable bonds is 2. The van der Waals surface area contributed by atoms with Crippen molar-refractivity contribution in [2.24, 2.45) is 0 Å². The molecule has 0 aliphatic heterocycles. The number of nitrogens with zero attached hydrogens (tertiary/aromatic N) is 2. The summed E-state index contributed by atoms with van der Waals surface area (Å²) >= 11 is 0. The van der Waals surface area contributed by atoms with E-state index in [1.807, 2.05) is 0 Å². The monoisotopic (exact) mass is 177 g/mol. The van der Waals surface area contributed by atoms with E-state index in [0.29, 0.717) is 12.0 Å². The van der Waals surface area contributed by atoms with E-state index in [-0.39, 0.29) is 0 Å². The van der Waals surface area contributed by atoms with Crippen molar-refractivity contribution < 1.29 is 4.74 Å². The molecule has 69 valence electrons. The van der Waals surface area contributed by atoms with E-state index in [2.05, 4.69) is 16.2 Å². The molecule has 0 unspecified atom stereocenters. The maximum Gasteiger partial charge on any atom is 0.217 e. The van der Waals surface area contributed by atoms with E-state index in [1.165, 1.54) is 25.6 Å². The highest BCUT2D eigenvalue weighted by molar-refractivity contribution is 5.04. The van der Waals surface area contributed by atoms with Crippen LogP contribution in [-0.2, 0) is 0 Å². The lowest BCUT2D eigenvalue weighted by atomic mass is 9.98. The van der Waals surface area contributed by atoms with Gasteiger partial charge in [0.2, 0.25) is 5.88 Å². The standard InChI is InChI=1S/C10H13N2O/c1-2-4-9(5-3-1)13-10-6-7-11-8-12-10/h6,8-9H,1-5H2. The molecule has 3 heteroatoms. The Morgan fingerprint density at radius 1 is 1.31 bits per heavy atom. The van der Waals surface area contributed by atoms with E-state index in [4.69, 9.17) is 4.74 Å². The lowest BCUT2D eigenvalue weighted by molar-refractivity contribution is 0.148. The van der Waals surface area contributed by atoms with Gasteiger partial charge in [0, 0.05) is 6.07 Å². The highest BCUT2D eigenvalue weighted by Gasteiger charge is 2.14. The predicted octanol–water partition coefficient (Wildman–Crippen LogP) is 1.99. The van der Waals surface area contributed by atoms with Gasteiger partial charge in [0.25, 0.3) is 0 Å². The van der Waals surface area contributed by atoms with Crippen molar-refractivity contribution in [1.82, 2.24) is 9.97 Å². The third-order valence-electron chi connectivity index (χ3n) is 2.34. The molecule has 0 saturated heterocycles. The van der Waals surface area contributed by atoms with Crippen LogP contribution in [0, 0.1) is 6.20 Å². The molecule has 0 spiro atoms. The van der Waals surface area contributed by atoms with Crippen molar-refractivity contribution in [3.63, 3.8) is 0 Å². The minimum Gasteiger partial charge on any atom is -0.474 e. The molecule has 0 aromatic carbocycles. The van der Waals surface area contributed by atoms with Gasteiger partial charge in [0.05, 0.1) is 6.20 Å². The highest BCUT2D eigenvalue weighted by atomic mass is 16.5. The Morgan fingerprint density at radius 3 is 2.85 bits per heavy atom. The van der Waals surface area contributed by atoms with Crippen molar-refractivity contribution in [3.05, 3.63) is 18.6 Å². The average Bonchev–Trinajstić information content (AvgIpc) is 2.21. The van der Waals surface area contributed by atoms with Crippen LogP contribution in [-0.4, -0.2) is 16.1 Å². The first-order valence-corrected chi connectivity index (χ1v) is 4.80. The first-order valence-electron chi connectivity index (χ1n) is 4.80. The van der Waals surface area contributed by atoms with Gasteiger partial charge in [-0.25, -0.2) is 9.97 Å². The predicted molar refractivity (Wildman–Crippen MR) is 48.4 cm³/mol. The first kappa shape index (κ1) is 8.48. The lowest BCUT2D eigenvalue weighted by Crippen LogP contribution is -2.20. The Hall–Kier alpha value is -1.12. The molecule has 3 nitrogen and oxygen atoms in total. The second-order valence-electron chi connectivity index (χ2n) is 3.36. The molecular formula is C10H13N2O. The normalized spacial score (nSPS) is 18.5. The summed E-state index contributed by atoms with van der Waals surface area (Å²) in [4.78, 5) is 7.73. The third-order valence-corrected chi connectivity index (χ3v) is 2.34. The molecule has 0 bridgehead atoms. The van der Waals surface area contributed by atoms with Crippen molar-refractivity contribution in [1.29, 1.82) is 0 Å². The first-order chi connectivity index (χ1) is 6.45. The summed E-state index contributed by atoms with van der Waals surface area (Å²) in [5.74, 6) is 0.655. The van der Waals surface area contributed by atoms with E-state index >= 15 is 0 Å². The van der Waals surface area contributed by atoms with Gasteiger partial charge in [0.1, 0.15) is 12.4 Å². The topological polar surface area (TPSA) is 35.0 Å². The van der Waals surface area contributed by atoms with E-state index in [9.17, 15) is 0 Å². The molecule has 1 radical (unpaired) electrons. The van der Waals surface area contributed by atoms with Crippen LogP contribution in [0.4, 0.5) is 0 Å². The summed E-state index contributed by atoms with van der Waals surface area (Å²) in [7, 11) is 0. The molecule has 1 aliphatic rings. The van der Waals surface area contributed by atoms with Crippen molar-refractivity contribution in [3.8, 4) is 5.88 Å². The number of ether oxygens (including phenoxy) is 1. The fourth-order valence-corrected chi connectivity index (χ4v) is 1.67. The van der Waals surface area contributed by atoms with Crippen molar-refractivity contribution in [2.75, 3.05) is 0 Å². The van der Waals surface area contributed by atoms with Crippen LogP contribution < -0.4 is 4.74 Å². The summed E-state index contributed by atoms with van der Waals surface area (Å²) in [6, 6.07) is 1.69. The quantitative estimate of drug-likeness (QED) is 0.693. The SMILES string of the molecule is [c]1cc(OC2CCCCC2)ncn1. The Bertz CT molecular complexity index is 244. The molecule has 1 aromatic rings. The zero-order valence-electron chi connectivity index (χ0n) is 7.57. The largest absolute Gasteiger partial charge is 0.474 e. The van der Waals surface area contributed by atoms with Crippen molar-refractivity contribution >= 4 is 0 Å². The molecule has 13 heavy (non-hydrogen) atoms. The fraction of sp³-hybridized carbons (Fsp3) is 0.600. The van der Waals surface area contributed by atoms with E-state index in [1.54, 1.807) is 6.07 Å².